The maximum absolute atomic E-state index is 9.92. The van der Waals surface area contributed by atoms with E-state index in [4.69, 9.17) is 2.74 Å². The Balaban J connectivity index is 0.879. The van der Waals surface area contributed by atoms with Crippen LogP contribution in [0.2, 0.25) is 0 Å². The van der Waals surface area contributed by atoms with Crippen molar-refractivity contribution in [2.24, 2.45) is 0 Å². The third kappa shape index (κ3) is 12.2. The smallest absolute Gasteiger partial charge is 0.252 e. The first kappa shape index (κ1) is 62.9. The van der Waals surface area contributed by atoms with Crippen molar-refractivity contribution in [3.8, 4) is 61.6 Å². The summed E-state index contributed by atoms with van der Waals surface area (Å²) in [5.41, 5.74) is 29.1. The zero-order valence-corrected chi connectivity index (χ0v) is 67.1. The number of anilines is 8. The average Bonchev–Trinajstić information content (AvgIpc) is 1.67. The fourth-order valence-electron chi connectivity index (χ4n) is 18.9. The molecule has 5 heterocycles. The van der Waals surface area contributed by atoms with E-state index in [0.717, 1.165) is 156 Å². The molecule has 7 heteroatoms. The van der Waals surface area contributed by atoms with Crippen molar-refractivity contribution < 1.29 is 11.0 Å². The molecule has 0 atom stereocenters. The molecule has 3 aromatic heterocycles. The van der Waals surface area contributed by atoms with Gasteiger partial charge in [-0.3, -0.25) is 0 Å². The van der Waals surface area contributed by atoms with Gasteiger partial charge in [0.25, 0.3) is 6.71 Å². The highest BCUT2D eigenvalue weighted by molar-refractivity contribution is 7.00. The van der Waals surface area contributed by atoms with Crippen LogP contribution >= 0.6 is 0 Å². The minimum absolute atomic E-state index is 0.0113. The molecule has 0 unspecified atom stereocenters. The zero-order chi connectivity index (χ0) is 86.7. The van der Waals surface area contributed by atoms with Crippen LogP contribution in [0.15, 0.2) is 394 Å². The second-order valence-corrected chi connectivity index (χ2v) is 33.8. The lowest BCUT2D eigenvalue weighted by Gasteiger charge is -2.45. The summed E-state index contributed by atoms with van der Waals surface area (Å²) in [5.74, 6) is 0. The van der Waals surface area contributed by atoms with Crippen LogP contribution in [0.4, 0.5) is 45.5 Å². The van der Waals surface area contributed by atoms with Gasteiger partial charge in [-0.1, -0.05) is 290 Å². The van der Waals surface area contributed by atoms with Crippen molar-refractivity contribution in [2.75, 3.05) is 21.2 Å². The minimum Gasteiger partial charge on any atom is -0.342 e. The SMILES string of the molecule is [2H]c1c([2H])c([2H])c2c(c1[2H])c1c([2H])c([2H])c([2H])c([2H])c1n2-c1ccc2c(c1)N(CCc1cc(-c3ccccc3)cc(-c3ccccc3)c1)c1cc(-n3c4ccccc4c4cc(N(c5ccccc5)c5ccccc5)ccc43)cc3c1B2c1ccc(-n2c4ccc(C(C)(C)C)cc4c4cc(C(C)(C)C)ccc42)cc1N3c1cc(-c2ccccc2)cc(-c2ccccc2)c1. The number of rotatable bonds is 14. The molecular formula is C112H87BN6. The second-order valence-electron chi connectivity index (χ2n) is 33.8. The molecule has 0 saturated carbocycles. The van der Waals surface area contributed by atoms with Crippen LogP contribution in [0.3, 0.4) is 0 Å². The molecule has 0 spiro atoms. The molecule has 0 radical (unpaired) electrons. The highest BCUT2D eigenvalue weighted by Crippen LogP contribution is 2.50. The molecule has 2 aliphatic heterocycles. The Hall–Kier alpha value is -14.4. The Morgan fingerprint density at radius 1 is 0.286 bits per heavy atom. The highest BCUT2D eigenvalue weighted by Gasteiger charge is 2.45. The van der Waals surface area contributed by atoms with Crippen LogP contribution in [0, 0.1) is 0 Å². The van der Waals surface area contributed by atoms with Gasteiger partial charge in [-0.05, 0) is 240 Å². The third-order valence-corrected chi connectivity index (χ3v) is 24.6. The van der Waals surface area contributed by atoms with Crippen molar-refractivity contribution in [1.29, 1.82) is 0 Å². The molecule has 0 saturated heterocycles. The number of fused-ring (bicyclic) bond motifs is 13. The lowest BCUT2D eigenvalue weighted by molar-refractivity contribution is 0.590. The number of aromatic nitrogens is 3. The van der Waals surface area contributed by atoms with Crippen molar-refractivity contribution in [1.82, 2.24) is 13.7 Å². The highest BCUT2D eigenvalue weighted by atomic mass is 15.2. The lowest BCUT2D eigenvalue weighted by atomic mass is 9.33. The van der Waals surface area contributed by atoms with Crippen LogP contribution in [0.25, 0.3) is 127 Å². The summed E-state index contributed by atoms with van der Waals surface area (Å²) in [6.45, 7) is 13.6. The van der Waals surface area contributed by atoms with Crippen molar-refractivity contribution in [2.45, 2.75) is 58.8 Å². The van der Waals surface area contributed by atoms with E-state index < -0.39 is 43.0 Å². The molecule has 0 fully saturated rings. The number of para-hydroxylation sites is 5. The second kappa shape index (κ2) is 28.2. The predicted octanol–water partition coefficient (Wildman–Crippen LogP) is 27.7. The maximum Gasteiger partial charge on any atom is 0.252 e. The number of hydrogen-bond acceptors (Lipinski definition) is 3. The summed E-state index contributed by atoms with van der Waals surface area (Å²) in [7, 11) is 0. The van der Waals surface area contributed by atoms with Crippen LogP contribution in [-0.4, -0.2) is 27.0 Å². The Morgan fingerprint density at radius 3 is 1.20 bits per heavy atom. The fraction of sp³-hybridized carbons (Fsp3) is 0.0893. The van der Waals surface area contributed by atoms with Crippen LogP contribution in [0.5, 0.6) is 0 Å². The Labute approximate surface area is 707 Å². The molecular weight excluding hydrogens is 1440 g/mol. The molecule has 20 aromatic rings. The number of benzene rings is 17. The third-order valence-electron chi connectivity index (χ3n) is 24.6. The molecule has 568 valence electrons. The molecule has 0 bridgehead atoms. The summed E-state index contributed by atoms with van der Waals surface area (Å²) in [6, 6.07) is 122. The van der Waals surface area contributed by atoms with Gasteiger partial charge in [0.1, 0.15) is 0 Å². The normalized spacial score (nSPS) is 13.6. The van der Waals surface area contributed by atoms with Gasteiger partial charge >= 0.3 is 0 Å². The van der Waals surface area contributed by atoms with Gasteiger partial charge in [-0.15, -0.1) is 0 Å². The van der Waals surface area contributed by atoms with E-state index in [-0.39, 0.29) is 44.7 Å². The standard InChI is InChI=1S/C112H87BN6/c1-111(2,3)83-49-56-103-95(67-83)96-68-84(112(4,5)6)50-57-104(96)117(103)89-52-55-99-107(71-89)119(90-65-81(77-35-17-9-18-36-77)64-82(66-90)78-37-19-10-20-38-78)109-73-91(118-102-48-30-27-45-94(102)97-69-87(53-58-105(97)118)115(85-39-21-11-22-40-85)86-41-23-12-24-42-86)72-108-110(109)113(99)98-54-51-88(116-100-46-28-25-43-92(100)93-44-26-29-47-101(93)116)70-106(98)114(108)60-59-74-61-79(75-31-13-7-14-32-75)63-80(62-74)76-33-15-8-16-34-76/h7-58,61-73H,59-60H2,1-6H3/i25D,26D,28D,29D,43D,44D,46D,47D. The van der Waals surface area contributed by atoms with Gasteiger partial charge in [-0.25, -0.2) is 0 Å². The molecule has 22 rings (SSSR count). The van der Waals surface area contributed by atoms with Crippen LogP contribution in [0.1, 0.15) is 69.2 Å². The van der Waals surface area contributed by atoms with E-state index in [2.05, 4.69) is 405 Å². The van der Waals surface area contributed by atoms with E-state index in [0.29, 0.717) is 18.7 Å². The largest absolute Gasteiger partial charge is 0.342 e. The molecule has 17 aromatic carbocycles. The Kier molecular flexibility index (Phi) is 14.9. The number of nitrogens with zero attached hydrogens (tertiary/aromatic N) is 6. The first-order chi connectivity index (χ1) is 61.6. The first-order valence-electron chi connectivity index (χ1n) is 45.2. The molecule has 0 amide bonds. The Morgan fingerprint density at radius 2 is 0.689 bits per heavy atom. The molecule has 0 N–H and O–H groups in total. The fourth-order valence-corrected chi connectivity index (χ4v) is 18.9. The predicted molar refractivity (Wildman–Crippen MR) is 506 cm³/mol. The van der Waals surface area contributed by atoms with Gasteiger partial charge in [0, 0.05) is 95.7 Å². The van der Waals surface area contributed by atoms with E-state index >= 15 is 0 Å². The van der Waals surface area contributed by atoms with Crippen molar-refractivity contribution in [3.05, 3.63) is 411 Å². The quantitative estimate of drug-likeness (QED) is 0.101. The van der Waals surface area contributed by atoms with Gasteiger partial charge in [-0.2, -0.15) is 0 Å². The van der Waals surface area contributed by atoms with Crippen molar-refractivity contribution in [3.63, 3.8) is 0 Å². The van der Waals surface area contributed by atoms with E-state index in [1.165, 1.54) is 21.9 Å². The molecule has 119 heavy (non-hydrogen) atoms. The van der Waals surface area contributed by atoms with E-state index in [9.17, 15) is 8.22 Å². The topological polar surface area (TPSA) is 24.5 Å². The summed E-state index contributed by atoms with van der Waals surface area (Å²) < 4.78 is 82.8. The zero-order valence-electron chi connectivity index (χ0n) is 75.1. The molecule has 2 aliphatic rings. The Bertz CT molecular complexity index is 7590. The minimum atomic E-state index is -0.506. The summed E-state index contributed by atoms with van der Waals surface area (Å²) in [6.07, 6.45) is 0.526. The van der Waals surface area contributed by atoms with Gasteiger partial charge in [0.15, 0.2) is 0 Å². The van der Waals surface area contributed by atoms with E-state index in [1.54, 1.807) is 4.57 Å². The van der Waals surface area contributed by atoms with Crippen molar-refractivity contribution >= 4 is 134 Å². The number of hydrogen-bond donors (Lipinski definition) is 0. The van der Waals surface area contributed by atoms with E-state index in [1.807, 2.05) is 6.07 Å². The lowest BCUT2D eigenvalue weighted by Crippen LogP contribution is -2.62. The van der Waals surface area contributed by atoms with Gasteiger partial charge < -0.3 is 28.4 Å². The van der Waals surface area contributed by atoms with Gasteiger partial charge in [0.2, 0.25) is 0 Å². The maximum atomic E-state index is 9.92. The molecule has 0 aliphatic carbocycles. The van der Waals surface area contributed by atoms with Crippen LogP contribution < -0.4 is 31.1 Å². The first-order valence-corrected chi connectivity index (χ1v) is 41.2. The van der Waals surface area contributed by atoms with Gasteiger partial charge in [0.05, 0.1) is 49.8 Å². The summed E-state index contributed by atoms with van der Waals surface area (Å²) in [4.78, 5) is 7.35. The average molecular weight is 1540 g/mol. The van der Waals surface area contributed by atoms with Crippen LogP contribution in [-0.2, 0) is 17.3 Å². The summed E-state index contributed by atoms with van der Waals surface area (Å²) in [5, 5.41) is 4.49. The monoisotopic (exact) mass is 1530 g/mol. The molecule has 6 nitrogen and oxygen atoms in total. The summed E-state index contributed by atoms with van der Waals surface area (Å²) >= 11 is 0.